The van der Waals surface area contributed by atoms with Gasteiger partial charge in [-0.05, 0) is 25.7 Å². The fourth-order valence-electron chi connectivity index (χ4n) is 3.35. The molecular formula is C15H24N2OS. The van der Waals surface area contributed by atoms with Crippen LogP contribution in [0.4, 0.5) is 0 Å². The Morgan fingerprint density at radius 3 is 2.68 bits per heavy atom. The van der Waals surface area contributed by atoms with Gasteiger partial charge in [-0.15, -0.1) is 11.3 Å². The molecule has 1 heterocycles. The summed E-state index contributed by atoms with van der Waals surface area (Å²) in [6, 6.07) is 0.283. The first-order valence-corrected chi connectivity index (χ1v) is 8.50. The number of aromatic nitrogens is 1. The molecule has 0 aromatic carbocycles. The molecule has 3 nitrogen and oxygen atoms in total. The van der Waals surface area contributed by atoms with Crippen molar-refractivity contribution in [1.82, 2.24) is 10.3 Å². The second-order valence-electron chi connectivity index (χ2n) is 5.99. The lowest BCUT2D eigenvalue weighted by atomic mass is 9.93. The van der Waals surface area contributed by atoms with Gasteiger partial charge in [0.25, 0.3) is 0 Å². The number of aliphatic hydroxyl groups excluding tert-OH is 1. The minimum atomic E-state index is -0.157. The molecule has 19 heavy (non-hydrogen) atoms. The first-order chi connectivity index (χ1) is 9.33. The second-order valence-corrected chi connectivity index (χ2v) is 7.13. The molecule has 2 saturated carbocycles. The van der Waals surface area contributed by atoms with E-state index in [1.807, 2.05) is 17.5 Å². The third-order valence-corrected chi connectivity index (χ3v) is 5.70. The van der Waals surface area contributed by atoms with E-state index in [4.69, 9.17) is 0 Å². The average molecular weight is 280 g/mol. The molecule has 0 saturated heterocycles. The Labute approximate surface area is 119 Å². The van der Waals surface area contributed by atoms with Crippen LogP contribution >= 0.6 is 11.3 Å². The maximum Gasteiger partial charge on any atom is 0.0959 e. The van der Waals surface area contributed by atoms with Crippen LogP contribution in [0.5, 0.6) is 0 Å². The number of aliphatic hydroxyl groups is 1. The zero-order valence-electron chi connectivity index (χ0n) is 11.5. The van der Waals surface area contributed by atoms with Crippen LogP contribution in [0.15, 0.2) is 6.20 Å². The van der Waals surface area contributed by atoms with Gasteiger partial charge in [0.15, 0.2) is 0 Å². The van der Waals surface area contributed by atoms with Crippen LogP contribution in [0.3, 0.4) is 0 Å². The van der Waals surface area contributed by atoms with E-state index >= 15 is 0 Å². The van der Waals surface area contributed by atoms with Gasteiger partial charge >= 0.3 is 0 Å². The Morgan fingerprint density at radius 2 is 1.89 bits per heavy atom. The molecule has 0 radical (unpaired) electrons. The summed E-state index contributed by atoms with van der Waals surface area (Å²) in [5.74, 6) is 0.721. The molecule has 0 aliphatic heterocycles. The molecule has 3 rings (SSSR count). The molecule has 2 N–H and O–H groups in total. The molecule has 0 bridgehead atoms. The fourth-order valence-corrected chi connectivity index (χ4v) is 4.38. The van der Waals surface area contributed by atoms with Crippen molar-refractivity contribution in [3.05, 3.63) is 16.1 Å². The molecule has 4 heteroatoms. The molecule has 2 atom stereocenters. The summed E-state index contributed by atoms with van der Waals surface area (Å²) in [6.07, 6.45) is 11.7. The lowest BCUT2D eigenvalue weighted by Crippen LogP contribution is -2.41. The molecule has 106 valence electrons. The van der Waals surface area contributed by atoms with E-state index in [2.05, 4.69) is 10.3 Å². The summed E-state index contributed by atoms with van der Waals surface area (Å²) in [5.41, 5.74) is 0. The van der Waals surface area contributed by atoms with Gasteiger partial charge in [-0.25, -0.2) is 4.98 Å². The zero-order valence-corrected chi connectivity index (χ0v) is 12.3. The topological polar surface area (TPSA) is 45.1 Å². The molecule has 2 fully saturated rings. The van der Waals surface area contributed by atoms with Crippen molar-refractivity contribution in [1.29, 1.82) is 0 Å². The summed E-state index contributed by atoms with van der Waals surface area (Å²) in [7, 11) is 0. The summed E-state index contributed by atoms with van der Waals surface area (Å²) in [6.45, 7) is 0.867. The lowest BCUT2D eigenvalue weighted by molar-refractivity contribution is 0.0904. The molecule has 2 aliphatic carbocycles. The van der Waals surface area contributed by atoms with Gasteiger partial charge in [0, 0.05) is 29.6 Å². The average Bonchev–Trinajstić information content (AvgIpc) is 3.09. The number of nitrogens with zero attached hydrogens (tertiary/aromatic N) is 1. The van der Waals surface area contributed by atoms with E-state index in [-0.39, 0.29) is 12.1 Å². The number of rotatable bonds is 4. The predicted octanol–water partition coefficient (Wildman–Crippen LogP) is 3.19. The third kappa shape index (κ3) is 3.36. The fraction of sp³-hybridized carbons (Fsp3) is 0.800. The summed E-state index contributed by atoms with van der Waals surface area (Å²) in [4.78, 5) is 5.92. The van der Waals surface area contributed by atoms with Crippen LogP contribution in [0, 0.1) is 0 Å². The standard InChI is InChI=1S/C15H24N2OS/c18-14-8-4-3-7-13(14)16-9-12-10-17-15(19-12)11-5-1-2-6-11/h10-11,13-14,16,18H,1-9H2/t13-,14-/m1/s1. The van der Waals surface area contributed by atoms with E-state index < -0.39 is 0 Å². The highest BCUT2D eigenvalue weighted by molar-refractivity contribution is 7.11. The van der Waals surface area contributed by atoms with Crippen molar-refractivity contribution in [3.63, 3.8) is 0 Å². The van der Waals surface area contributed by atoms with Crippen molar-refractivity contribution in [2.75, 3.05) is 0 Å². The van der Waals surface area contributed by atoms with E-state index in [0.717, 1.165) is 25.3 Å². The van der Waals surface area contributed by atoms with E-state index in [1.165, 1.54) is 48.4 Å². The minimum absolute atomic E-state index is 0.157. The number of thiazole rings is 1. The highest BCUT2D eigenvalue weighted by Crippen LogP contribution is 2.36. The van der Waals surface area contributed by atoms with E-state index in [1.54, 1.807) is 0 Å². The van der Waals surface area contributed by atoms with Crippen molar-refractivity contribution in [2.24, 2.45) is 0 Å². The smallest absolute Gasteiger partial charge is 0.0959 e. The Balaban J connectivity index is 1.52. The Bertz CT molecular complexity index is 401. The predicted molar refractivity (Wildman–Crippen MR) is 78.4 cm³/mol. The SMILES string of the molecule is O[C@@H]1CCCC[C@H]1NCc1cnc(C2CCCC2)s1. The number of hydrogen-bond acceptors (Lipinski definition) is 4. The van der Waals surface area contributed by atoms with Gasteiger partial charge in [-0.2, -0.15) is 0 Å². The van der Waals surface area contributed by atoms with Gasteiger partial charge in [-0.1, -0.05) is 25.7 Å². The van der Waals surface area contributed by atoms with Crippen molar-refractivity contribution in [3.8, 4) is 0 Å². The summed E-state index contributed by atoms with van der Waals surface area (Å²) < 4.78 is 0. The Kier molecular flexibility index (Phi) is 4.51. The largest absolute Gasteiger partial charge is 0.392 e. The van der Waals surface area contributed by atoms with Crippen molar-refractivity contribution < 1.29 is 5.11 Å². The van der Waals surface area contributed by atoms with E-state index in [0.29, 0.717) is 0 Å². The summed E-state index contributed by atoms with van der Waals surface area (Å²) in [5, 5.41) is 14.8. The van der Waals surface area contributed by atoms with Gasteiger partial charge in [0.05, 0.1) is 11.1 Å². The van der Waals surface area contributed by atoms with Crippen LogP contribution in [0.1, 0.15) is 67.2 Å². The van der Waals surface area contributed by atoms with Crippen molar-refractivity contribution in [2.45, 2.75) is 76.0 Å². The normalized spacial score (nSPS) is 28.9. The summed E-state index contributed by atoms with van der Waals surface area (Å²) >= 11 is 1.86. The number of nitrogens with one attached hydrogen (secondary N) is 1. The Hall–Kier alpha value is -0.450. The molecular weight excluding hydrogens is 256 g/mol. The zero-order chi connectivity index (χ0) is 13.1. The molecule has 1 aromatic rings. The monoisotopic (exact) mass is 280 g/mol. The van der Waals surface area contributed by atoms with Crippen LogP contribution in [0.25, 0.3) is 0 Å². The van der Waals surface area contributed by atoms with Gasteiger partial charge in [0.2, 0.25) is 0 Å². The quantitative estimate of drug-likeness (QED) is 0.890. The number of hydrogen-bond donors (Lipinski definition) is 2. The molecule has 0 amide bonds. The molecule has 0 spiro atoms. The van der Waals surface area contributed by atoms with Gasteiger partial charge in [-0.3, -0.25) is 0 Å². The highest BCUT2D eigenvalue weighted by atomic mass is 32.1. The lowest BCUT2D eigenvalue weighted by Gasteiger charge is -2.28. The third-order valence-electron chi connectivity index (χ3n) is 4.54. The van der Waals surface area contributed by atoms with Crippen LogP contribution < -0.4 is 5.32 Å². The van der Waals surface area contributed by atoms with Crippen LogP contribution in [-0.2, 0) is 6.54 Å². The minimum Gasteiger partial charge on any atom is -0.392 e. The van der Waals surface area contributed by atoms with Crippen molar-refractivity contribution >= 4 is 11.3 Å². The van der Waals surface area contributed by atoms with E-state index in [9.17, 15) is 5.11 Å². The molecule has 0 unspecified atom stereocenters. The van der Waals surface area contributed by atoms with Crippen LogP contribution in [0.2, 0.25) is 0 Å². The van der Waals surface area contributed by atoms with Gasteiger partial charge < -0.3 is 10.4 Å². The first-order valence-electron chi connectivity index (χ1n) is 7.69. The van der Waals surface area contributed by atoms with Gasteiger partial charge in [0.1, 0.15) is 0 Å². The maximum atomic E-state index is 9.95. The first kappa shape index (κ1) is 13.5. The highest BCUT2D eigenvalue weighted by Gasteiger charge is 2.23. The Morgan fingerprint density at radius 1 is 1.16 bits per heavy atom. The molecule has 2 aliphatic rings. The second kappa shape index (κ2) is 6.33. The molecule has 1 aromatic heterocycles. The maximum absolute atomic E-state index is 9.95. The van der Waals surface area contributed by atoms with Crippen LogP contribution in [-0.4, -0.2) is 22.2 Å².